The number of hydrogen-bond donors (Lipinski definition) is 1. The van der Waals surface area contributed by atoms with Crippen molar-refractivity contribution in [1.29, 1.82) is 0 Å². The molecule has 1 aliphatic heterocycles. The van der Waals surface area contributed by atoms with E-state index < -0.39 is 5.91 Å². The number of benzene rings is 1. The third-order valence-corrected chi connectivity index (χ3v) is 3.75. The molecule has 0 radical (unpaired) electrons. The molecule has 2 aromatic rings. The first-order chi connectivity index (χ1) is 12.5. The van der Waals surface area contributed by atoms with E-state index in [0.29, 0.717) is 11.5 Å². The second-order valence-electron chi connectivity index (χ2n) is 5.43. The Morgan fingerprint density at radius 3 is 2.31 bits per heavy atom. The van der Waals surface area contributed by atoms with Crippen molar-refractivity contribution in [3.63, 3.8) is 0 Å². The summed E-state index contributed by atoms with van der Waals surface area (Å²) in [6.45, 7) is -0.118. The molecule has 26 heavy (non-hydrogen) atoms. The number of imide groups is 1. The van der Waals surface area contributed by atoms with Crippen LogP contribution in [0.1, 0.15) is 29.1 Å². The number of amides is 3. The van der Waals surface area contributed by atoms with E-state index in [-0.39, 0.29) is 48.7 Å². The van der Waals surface area contributed by atoms with Gasteiger partial charge in [0.05, 0.1) is 14.2 Å². The molecule has 1 aromatic carbocycles. The van der Waals surface area contributed by atoms with Crippen LogP contribution in [0.25, 0.3) is 0 Å². The maximum Gasteiger partial charge on any atom is 0.322 e. The average Bonchev–Trinajstić information content (AvgIpc) is 3.22. The van der Waals surface area contributed by atoms with Gasteiger partial charge in [0, 0.05) is 24.5 Å². The number of hydrogen-bond acceptors (Lipinski definition) is 8. The Bertz CT molecular complexity index is 824. The molecule has 3 amide bonds. The number of anilines is 1. The maximum absolute atomic E-state index is 12.3. The van der Waals surface area contributed by atoms with Crippen LogP contribution in [0.4, 0.5) is 6.01 Å². The monoisotopic (exact) mass is 360 g/mol. The van der Waals surface area contributed by atoms with Crippen molar-refractivity contribution in [2.24, 2.45) is 0 Å². The lowest BCUT2D eigenvalue weighted by Crippen LogP contribution is -2.28. The first-order valence-electron chi connectivity index (χ1n) is 7.70. The second kappa shape index (κ2) is 7.21. The molecular weight excluding hydrogens is 344 g/mol. The van der Waals surface area contributed by atoms with Crippen molar-refractivity contribution in [1.82, 2.24) is 15.1 Å². The summed E-state index contributed by atoms with van der Waals surface area (Å²) >= 11 is 0. The van der Waals surface area contributed by atoms with Gasteiger partial charge in [-0.2, -0.15) is 0 Å². The SMILES string of the molecule is COc1cc(OC)cc(C(=O)Nc2nnc(CN3C(=O)CCC3=O)o2)c1. The lowest BCUT2D eigenvalue weighted by atomic mass is 10.2. The summed E-state index contributed by atoms with van der Waals surface area (Å²) in [6.07, 6.45) is 0.350. The van der Waals surface area contributed by atoms with E-state index in [2.05, 4.69) is 15.5 Å². The van der Waals surface area contributed by atoms with E-state index in [1.807, 2.05) is 0 Å². The number of aromatic nitrogens is 2. The van der Waals surface area contributed by atoms with Crippen LogP contribution < -0.4 is 14.8 Å². The van der Waals surface area contributed by atoms with E-state index in [1.54, 1.807) is 6.07 Å². The van der Waals surface area contributed by atoms with Gasteiger partial charge in [-0.25, -0.2) is 0 Å². The number of nitrogens with one attached hydrogen (secondary N) is 1. The summed E-state index contributed by atoms with van der Waals surface area (Å²) < 4.78 is 15.5. The minimum absolute atomic E-state index is 0.0483. The van der Waals surface area contributed by atoms with Gasteiger partial charge in [0.25, 0.3) is 5.91 Å². The Labute approximate surface area is 148 Å². The van der Waals surface area contributed by atoms with Gasteiger partial charge in [-0.1, -0.05) is 5.10 Å². The zero-order chi connectivity index (χ0) is 18.7. The molecule has 136 valence electrons. The Kier molecular flexibility index (Phi) is 4.83. The van der Waals surface area contributed by atoms with Crippen LogP contribution in [0.5, 0.6) is 11.5 Å². The molecule has 0 unspecified atom stereocenters. The molecule has 0 aliphatic carbocycles. The summed E-state index contributed by atoms with van der Waals surface area (Å²) in [4.78, 5) is 36.6. The predicted octanol–water partition coefficient (Wildman–Crippen LogP) is 0.988. The number of nitrogens with zero attached hydrogens (tertiary/aromatic N) is 3. The molecule has 1 aliphatic rings. The highest BCUT2D eigenvalue weighted by molar-refractivity contribution is 6.03. The fourth-order valence-corrected chi connectivity index (χ4v) is 2.41. The van der Waals surface area contributed by atoms with Crippen molar-refractivity contribution in [2.45, 2.75) is 19.4 Å². The lowest BCUT2D eigenvalue weighted by Gasteiger charge is -2.09. The van der Waals surface area contributed by atoms with Gasteiger partial charge in [-0.05, 0) is 12.1 Å². The molecule has 10 nitrogen and oxygen atoms in total. The third kappa shape index (κ3) is 3.63. The summed E-state index contributed by atoms with van der Waals surface area (Å²) in [5.74, 6) is -0.138. The number of methoxy groups -OCH3 is 2. The Morgan fingerprint density at radius 1 is 1.12 bits per heavy atom. The van der Waals surface area contributed by atoms with Crippen LogP contribution in [-0.4, -0.2) is 47.0 Å². The standard InChI is InChI=1S/C16H16N4O6/c1-24-10-5-9(6-11(7-10)25-2)15(23)17-16-19-18-12(26-16)8-20-13(21)3-4-14(20)22/h5-7H,3-4,8H2,1-2H3,(H,17,19,23). The molecule has 1 saturated heterocycles. The number of carbonyl (C=O) groups is 3. The molecule has 3 rings (SSSR count). The third-order valence-electron chi connectivity index (χ3n) is 3.75. The number of ether oxygens (including phenoxy) is 2. The van der Waals surface area contributed by atoms with Gasteiger partial charge < -0.3 is 13.9 Å². The molecule has 1 fully saturated rings. The summed E-state index contributed by atoms with van der Waals surface area (Å²) in [6, 6.07) is 4.53. The minimum atomic E-state index is -0.509. The van der Waals surface area contributed by atoms with Crippen LogP contribution >= 0.6 is 0 Å². The summed E-state index contributed by atoms with van der Waals surface area (Å²) in [5, 5.41) is 9.88. The topological polar surface area (TPSA) is 124 Å². The minimum Gasteiger partial charge on any atom is -0.497 e. The molecule has 0 atom stereocenters. The Balaban J connectivity index is 1.70. The summed E-state index contributed by atoms with van der Waals surface area (Å²) in [7, 11) is 2.95. The number of carbonyl (C=O) groups excluding carboxylic acids is 3. The predicted molar refractivity (Wildman–Crippen MR) is 86.6 cm³/mol. The van der Waals surface area contributed by atoms with E-state index >= 15 is 0 Å². The largest absolute Gasteiger partial charge is 0.497 e. The Hall–Kier alpha value is -3.43. The molecular formula is C16H16N4O6. The lowest BCUT2D eigenvalue weighted by molar-refractivity contribution is -0.139. The highest BCUT2D eigenvalue weighted by Crippen LogP contribution is 2.23. The second-order valence-corrected chi connectivity index (χ2v) is 5.43. The molecule has 1 aromatic heterocycles. The smallest absolute Gasteiger partial charge is 0.322 e. The van der Waals surface area contributed by atoms with Crippen molar-refractivity contribution in [3.8, 4) is 11.5 Å². The highest BCUT2D eigenvalue weighted by atomic mass is 16.5. The van der Waals surface area contributed by atoms with Gasteiger partial charge in [0.15, 0.2) is 0 Å². The fraction of sp³-hybridized carbons (Fsp3) is 0.312. The van der Waals surface area contributed by atoms with Crippen LogP contribution in [0.3, 0.4) is 0 Å². The molecule has 0 saturated carbocycles. The van der Waals surface area contributed by atoms with E-state index in [0.717, 1.165) is 4.90 Å². The zero-order valence-electron chi connectivity index (χ0n) is 14.1. The van der Waals surface area contributed by atoms with E-state index in [9.17, 15) is 14.4 Å². The molecule has 0 spiro atoms. The normalized spacial score (nSPS) is 13.8. The van der Waals surface area contributed by atoms with Crippen molar-refractivity contribution >= 4 is 23.7 Å². The van der Waals surface area contributed by atoms with Crippen molar-refractivity contribution in [2.75, 3.05) is 19.5 Å². The molecule has 0 bridgehead atoms. The quantitative estimate of drug-likeness (QED) is 0.756. The maximum atomic E-state index is 12.3. The molecule has 2 heterocycles. The zero-order valence-corrected chi connectivity index (χ0v) is 14.1. The average molecular weight is 360 g/mol. The Morgan fingerprint density at radius 2 is 1.73 bits per heavy atom. The van der Waals surface area contributed by atoms with Gasteiger partial charge >= 0.3 is 6.01 Å². The van der Waals surface area contributed by atoms with Crippen molar-refractivity contribution in [3.05, 3.63) is 29.7 Å². The van der Waals surface area contributed by atoms with Crippen LogP contribution in [-0.2, 0) is 16.1 Å². The van der Waals surface area contributed by atoms with E-state index in [4.69, 9.17) is 13.9 Å². The highest BCUT2D eigenvalue weighted by Gasteiger charge is 2.30. The number of rotatable bonds is 6. The molecule has 1 N–H and O–H groups in total. The first kappa shape index (κ1) is 17.4. The van der Waals surface area contributed by atoms with Crippen LogP contribution in [0.2, 0.25) is 0 Å². The molecule has 10 heteroatoms. The van der Waals surface area contributed by atoms with Gasteiger partial charge in [0.1, 0.15) is 18.0 Å². The van der Waals surface area contributed by atoms with Gasteiger partial charge in [-0.15, -0.1) is 5.10 Å². The number of likely N-dealkylation sites (tertiary alicyclic amines) is 1. The first-order valence-corrected chi connectivity index (χ1v) is 7.70. The van der Waals surface area contributed by atoms with Gasteiger partial charge in [0.2, 0.25) is 17.7 Å². The summed E-state index contributed by atoms with van der Waals surface area (Å²) in [5.41, 5.74) is 0.269. The van der Waals surface area contributed by atoms with Crippen LogP contribution in [0, 0.1) is 0 Å². The van der Waals surface area contributed by atoms with Gasteiger partial charge in [-0.3, -0.25) is 24.6 Å². The van der Waals surface area contributed by atoms with E-state index in [1.165, 1.54) is 26.4 Å². The van der Waals surface area contributed by atoms with Crippen molar-refractivity contribution < 1.29 is 28.3 Å². The van der Waals surface area contributed by atoms with Crippen LogP contribution in [0.15, 0.2) is 22.6 Å². The fourth-order valence-electron chi connectivity index (χ4n) is 2.41.